The van der Waals surface area contributed by atoms with Gasteiger partial charge < -0.3 is 4.90 Å². The molecular formula is C6H11BrN2. The molecular weight excluding hydrogens is 180 g/mol. The summed E-state index contributed by atoms with van der Waals surface area (Å²) in [7, 11) is 0. The summed E-state index contributed by atoms with van der Waals surface area (Å²) < 4.78 is 0. The molecule has 0 aromatic carbocycles. The zero-order chi connectivity index (χ0) is 7.11. The molecule has 0 fully saturated rings. The smallest absolute Gasteiger partial charge is 0.179 e. The topological polar surface area (TPSA) is 27.0 Å². The highest BCUT2D eigenvalue weighted by molar-refractivity contribution is 9.09. The average Bonchev–Trinajstić information content (AvgIpc) is 1.88. The SMILES string of the molecule is CCCN(C#N)CCBr. The molecule has 0 N–H and O–H groups in total. The fraction of sp³-hybridized carbons (Fsp3) is 0.833. The molecule has 0 aliphatic heterocycles. The Morgan fingerprint density at radius 1 is 1.56 bits per heavy atom. The largest absolute Gasteiger partial charge is 0.310 e. The van der Waals surface area contributed by atoms with Crippen LogP contribution in [0, 0.1) is 11.5 Å². The zero-order valence-corrected chi connectivity index (χ0v) is 7.19. The van der Waals surface area contributed by atoms with Crippen LogP contribution in [0.4, 0.5) is 0 Å². The minimum atomic E-state index is 0.824. The third-order valence-corrected chi connectivity index (χ3v) is 1.34. The fourth-order valence-electron chi connectivity index (χ4n) is 0.584. The second-order valence-electron chi connectivity index (χ2n) is 1.78. The zero-order valence-electron chi connectivity index (χ0n) is 5.60. The summed E-state index contributed by atoms with van der Waals surface area (Å²) in [5.41, 5.74) is 0. The van der Waals surface area contributed by atoms with Crippen LogP contribution in [0.1, 0.15) is 13.3 Å². The lowest BCUT2D eigenvalue weighted by Crippen LogP contribution is -2.20. The molecule has 9 heavy (non-hydrogen) atoms. The van der Waals surface area contributed by atoms with Gasteiger partial charge in [0.15, 0.2) is 6.19 Å². The molecule has 52 valence electrons. The molecule has 2 nitrogen and oxygen atoms in total. The number of rotatable bonds is 4. The van der Waals surface area contributed by atoms with Gasteiger partial charge in [-0.1, -0.05) is 22.9 Å². The molecule has 0 unspecified atom stereocenters. The summed E-state index contributed by atoms with van der Waals surface area (Å²) in [5.74, 6) is 0. The van der Waals surface area contributed by atoms with E-state index < -0.39 is 0 Å². The first kappa shape index (κ1) is 8.77. The van der Waals surface area contributed by atoms with Gasteiger partial charge in [-0.3, -0.25) is 0 Å². The van der Waals surface area contributed by atoms with Crippen LogP contribution in [-0.2, 0) is 0 Å². The van der Waals surface area contributed by atoms with Gasteiger partial charge in [-0.2, -0.15) is 5.26 Å². The van der Waals surface area contributed by atoms with E-state index in [4.69, 9.17) is 5.26 Å². The molecule has 0 saturated heterocycles. The third kappa shape index (κ3) is 4.28. The Morgan fingerprint density at radius 3 is 2.56 bits per heavy atom. The van der Waals surface area contributed by atoms with Crippen LogP contribution in [0.2, 0.25) is 0 Å². The van der Waals surface area contributed by atoms with Crippen LogP contribution in [0.15, 0.2) is 0 Å². The van der Waals surface area contributed by atoms with Gasteiger partial charge in [0, 0.05) is 18.4 Å². The number of nitrogens with zero attached hydrogens (tertiary/aromatic N) is 2. The lowest BCUT2D eigenvalue weighted by atomic mass is 10.4. The minimum absolute atomic E-state index is 0.824. The quantitative estimate of drug-likeness (QED) is 0.383. The molecule has 0 rings (SSSR count). The van der Waals surface area contributed by atoms with E-state index in [2.05, 4.69) is 29.0 Å². The van der Waals surface area contributed by atoms with E-state index in [1.54, 1.807) is 4.90 Å². The van der Waals surface area contributed by atoms with Crippen molar-refractivity contribution in [1.82, 2.24) is 4.90 Å². The lowest BCUT2D eigenvalue weighted by Gasteiger charge is -2.10. The Hall–Kier alpha value is -0.230. The van der Waals surface area contributed by atoms with Gasteiger partial charge >= 0.3 is 0 Å². The highest BCUT2D eigenvalue weighted by Crippen LogP contribution is 1.90. The van der Waals surface area contributed by atoms with Crippen molar-refractivity contribution in [3.8, 4) is 6.19 Å². The number of hydrogen-bond donors (Lipinski definition) is 0. The van der Waals surface area contributed by atoms with Crippen LogP contribution in [0.3, 0.4) is 0 Å². The van der Waals surface area contributed by atoms with Gasteiger partial charge in [0.05, 0.1) is 0 Å². The Balaban J connectivity index is 3.32. The van der Waals surface area contributed by atoms with Crippen LogP contribution in [0.25, 0.3) is 0 Å². The molecule has 0 aliphatic carbocycles. The van der Waals surface area contributed by atoms with E-state index in [9.17, 15) is 0 Å². The number of halogens is 1. The van der Waals surface area contributed by atoms with Gasteiger partial charge in [0.2, 0.25) is 0 Å². The Morgan fingerprint density at radius 2 is 2.22 bits per heavy atom. The third-order valence-electron chi connectivity index (χ3n) is 0.989. The van der Waals surface area contributed by atoms with Crippen LogP contribution >= 0.6 is 15.9 Å². The number of alkyl halides is 1. The monoisotopic (exact) mass is 190 g/mol. The number of nitriles is 1. The normalized spacial score (nSPS) is 8.56. The summed E-state index contributed by atoms with van der Waals surface area (Å²) in [6, 6.07) is 0. The van der Waals surface area contributed by atoms with Gasteiger partial charge in [-0.05, 0) is 6.42 Å². The van der Waals surface area contributed by atoms with E-state index in [-0.39, 0.29) is 0 Å². The van der Waals surface area contributed by atoms with E-state index in [1.807, 2.05) is 0 Å². The van der Waals surface area contributed by atoms with Crippen LogP contribution in [-0.4, -0.2) is 23.3 Å². The number of hydrogen-bond acceptors (Lipinski definition) is 2. The van der Waals surface area contributed by atoms with Crippen molar-refractivity contribution in [1.29, 1.82) is 5.26 Å². The summed E-state index contributed by atoms with van der Waals surface area (Å²) in [6.07, 6.45) is 3.15. The van der Waals surface area contributed by atoms with Crippen LogP contribution in [0.5, 0.6) is 0 Å². The Labute approximate surface area is 64.6 Å². The van der Waals surface area contributed by atoms with E-state index in [0.29, 0.717) is 0 Å². The summed E-state index contributed by atoms with van der Waals surface area (Å²) in [4.78, 5) is 1.74. The van der Waals surface area contributed by atoms with E-state index >= 15 is 0 Å². The highest BCUT2D eigenvalue weighted by Gasteiger charge is 1.95. The maximum Gasteiger partial charge on any atom is 0.179 e. The van der Waals surface area contributed by atoms with Crippen molar-refractivity contribution in [2.24, 2.45) is 0 Å². The molecule has 3 heteroatoms. The molecule has 0 aromatic rings. The van der Waals surface area contributed by atoms with Crippen molar-refractivity contribution in [2.45, 2.75) is 13.3 Å². The Kier molecular flexibility index (Phi) is 5.75. The molecule has 0 spiro atoms. The van der Waals surface area contributed by atoms with Crippen molar-refractivity contribution < 1.29 is 0 Å². The van der Waals surface area contributed by atoms with E-state index in [1.165, 1.54) is 0 Å². The predicted molar refractivity (Wildman–Crippen MR) is 41.3 cm³/mol. The molecule has 0 aliphatic rings. The standard InChI is InChI=1S/C6H11BrN2/c1-2-4-9(6-8)5-3-7/h2-5H2,1H3. The first-order valence-corrected chi connectivity index (χ1v) is 4.18. The predicted octanol–water partition coefficient (Wildman–Crippen LogP) is 1.57. The summed E-state index contributed by atoms with van der Waals surface area (Å²) in [6.45, 7) is 3.77. The summed E-state index contributed by atoms with van der Waals surface area (Å²) >= 11 is 3.27. The van der Waals surface area contributed by atoms with Crippen molar-refractivity contribution in [3.63, 3.8) is 0 Å². The lowest BCUT2D eigenvalue weighted by molar-refractivity contribution is 0.416. The maximum absolute atomic E-state index is 8.44. The molecule has 0 bridgehead atoms. The first-order chi connectivity index (χ1) is 4.35. The fourth-order valence-corrected chi connectivity index (χ4v) is 1.01. The molecule has 0 atom stereocenters. The minimum Gasteiger partial charge on any atom is -0.310 e. The average molecular weight is 191 g/mol. The van der Waals surface area contributed by atoms with Gasteiger partial charge in [-0.15, -0.1) is 0 Å². The van der Waals surface area contributed by atoms with Crippen molar-refractivity contribution in [3.05, 3.63) is 0 Å². The van der Waals surface area contributed by atoms with Gasteiger partial charge in [-0.25, -0.2) is 0 Å². The molecule has 0 heterocycles. The molecule has 0 aromatic heterocycles. The van der Waals surface area contributed by atoms with E-state index in [0.717, 1.165) is 24.8 Å². The van der Waals surface area contributed by atoms with Gasteiger partial charge in [0.25, 0.3) is 0 Å². The molecule has 0 amide bonds. The Bertz CT molecular complexity index is 91.7. The summed E-state index contributed by atoms with van der Waals surface area (Å²) in [5, 5.41) is 9.32. The molecule has 0 saturated carbocycles. The van der Waals surface area contributed by atoms with Crippen LogP contribution < -0.4 is 0 Å². The maximum atomic E-state index is 8.44. The first-order valence-electron chi connectivity index (χ1n) is 3.05. The van der Waals surface area contributed by atoms with Gasteiger partial charge in [0.1, 0.15) is 0 Å². The second kappa shape index (κ2) is 5.90. The van der Waals surface area contributed by atoms with Crippen molar-refractivity contribution >= 4 is 15.9 Å². The highest BCUT2D eigenvalue weighted by atomic mass is 79.9. The van der Waals surface area contributed by atoms with Crippen molar-refractivity contribution in [2.75, 3.05) is 18.4 Å². The second-order valence-corrected chi connectivity index (χ2v) is 2.57. The molecule has 0 radical (unpaired) electrons.